The van der Waals surface area contributed by atoms with Crippen molar-refractivity contribution in [2.45, 2.75) is 59.2 Å². The molecule has 2 atom stereocenters. The van der Waals surface area contributed by atoms with E-state index in [4.69, 9.17) is 0 Å². The van der Waals surface area contributed by atoms with Gasteiger partial charge in [0, 0.05) is 6.54 Å². The van der Waals surface area contributed by atoms with E-state index in [-0.39, 0.29) is 23.9 Å². The van der Waals surface area contributed by atoms with Crippen LogP contribution in [-0.4, -0.2) is 28.8 Å². The lowest BCUT2D eigenvalue weighted by molar-refractivity contribution is -0.150. The smallest absolute Gasteiger partial charge is 0.246 e. The summed E-state index contributed by atoms with van der Waals surface area (Å²) in [5.41, 5.74) is 2.33. The molecule has 0 saturated carbocycles. The van der Waals surface area contributed by atoms with Crippen molar-refractivity contribution in [3.05, 3.63) is 21.9 Å². The van der Waals surface area contributed by atoms with Crippen molar-refractivity contribution in [1.29, 1.82) is 0 Å². The second-order valence-electron chi connectivity index (χ2n) is 6.16. The summed E-state index contributed by atoms with van der Waals surface area (Å²) in [4.78, 5) is 26.8. The minimum Gasteiger partial charge on any atom is -0.342 e. The number of hydrogen-bond acceptors (Lipinski definition) is 3. The summed E-state index contributed by atoms with van der Waals surface area (Å²) in [6, 6.07) is -0.723. The van der Waals surface area contributed by atoms with Gasteiger partial charge in [-0.2, -0.15) is 11.3 Å². The van der Waals surface area contributed by atoms with Gasteiger partial charge in [-0.1, -0.05) is 20.8 Å². The Morgan fingerprint density at radius 3 is 2.57 bits per heavy atom. The molecule has 4 nitrogen and oxygen atoms in total. The minimum atomic E-state index is -0.376. The average Bonchev–Trinajstić information content (AvgIpc) is 2.80. The van der Waals surface area contributed by atoms with E-state index in [9.17, 15) is 9.59 Å². The van der Waals surface area contributed by atoms with E-state index >= 15 is 0 Å². The fourth-order valence-electron chi connectivity index (χ4n) is 2.78. The van der Waals surface area contributed by atoms with E-state index in [0.29, 0.717) is 25.3 Å². The number of nitrogens with zero attached hydrogens (tertiary/aromatic N) is 1. The lowest BCUT2D eigenvalue weighted by Gasteiger charge is -2.39. The second kappa shape index (κ2) is 6.60. The molecule has 2 unspecified atom stereocenters. The van der Waals surface area contributed by atoms with Crippen LogP contribution in [0.3, 0.4) is 0 Å². The highest BCUT2D eigenvalue weighted by Gasteiger charge is 2.39. The van der Waals surface area contributed by atoms with Crippen LogP contribution >= 0.6 is 11.3 Å². The summed E-state index contributed by atoms with van der Waals surface area (Å²) in [5.74, 6) is 0.415. The van der Waals surface area contributed by atoms with Crippen LogP contribution in [0.4, 0.5) is 0 Å². The van der Waals surface area contributed by atoms with Crippen LogP contribution in [0.2, 0.25) is 0 Å². The number of carbonyl (C=O) groups excluding carboxylic acids is 2. The van der Waals surface area contributed by atoms with Crippen LogP contribution in [0.5, 0.6) is 0 Å². The Balaban J connectivity index is 2.22. The lowest BCUT2D eigenvalue weighted by atomic mass is 9.97. The molecule has 116 valence electrons. The zero-order valence-corrected chi connectivity index (χ0v) is 14.0. The van der Waals surface area contributed by atoms with Crippen LogP contribution < -0.4 is 5.32 Å². The highest BCUT2D eigenvalue weighted by molar-refractivity contribution is 7.08. The summed E-state index contributed by atoms with van der Waals surface area (Å²) in [5, 5.41) is 7.04. The fourth-order valence-corrected chi connectivity index (χ4v) is 3.63. The molecule has 0 radical (unpaired) electrons. The van der Waals surface area contributed by atoms with Crippen LogP contribution in [0.15, 0.2) is 10.8 Å². The molecule has 1 aliphatic heterocycles. The second-order valence-corrected chi connectivity index (χ2v) is 6.90. The lowest BCUT2D eigenvalue weighted by Crippen LogP contribution is -2.62. The molecule has 1 aromatic heterocycles. The van der Waals surface area contributed by atoms with E-state index in [2.05, 4.69) is 29.9 Å². The summed E-state index contributed by atoms with van der Waals surface area (Å²) >= 11 is 1.64. The summed E-state index contributed by atoms with van der Waals surface area (Å²) < 4.78 is 0. The van der Waals surface area contributed by atoms with Crippen molar-refractivity contribution in [2.75, 3.05) is 0 Å². The number of nitrogens with one attached hydrogen (secondary N) is 1. The Morgan fingerprint density at radius 1 is 1.33 bits per heavy atom. The molecule has 5 heteroatoms. The molecule has 2 rings (SSSR count). The molecule has 1 N–H and O–H groups in total. The van der Waals surface area contributed by atoms with Gasteiger partial charge in [0.2, 0.25) is 11.8 Å². The van der Waals surface area contributed by atoms with Gasteiger partial charge in [-0.3, -0.25) is 9.59 Å². The van der Waals surface area contributed by atoms with Gasteiger partial charge in [-0.25, -0.2) is 0 Å². The number of carbonyl (C=O) groups is 2. The first kappa shape index (κ1) is 16.0. The maximum Gasteiger partial charge on any atom is 0.246 e. The van der Waals surface area contributed by atoms with Crippen LogP contribution in [0.25, 0.3) is 0 Å². The fraction of sp³-hybridized carbons (Fsp3) is 0.625. The average molecular weight is 308 g/mol. The maximum absolute atomic E-state index is 12.7. The van der Waals surface area contributed by atoms with Crippen molar-refractivity contribution in [1.82, 2.24) is 10.2 Å². The van der Waals surface area contributed by atoms with Crippen LogP contribution in [0.1, 0.15) is 44.7 Å². The van der Waals surface area contributed by atoms with Crippen molar-refractivity contribution >= 4 is 23.2 Å². The molecule has 21 heavy (non-hydrogen) atoms. The minimum absolute atomic E-state index is 0.0179. The van der Waals surface area contributed by atoms with Gasteiger partial charge in [0.1, 0.15) is 12.1 Å². The van der Waals surface area contributed by atoms with Crippen molar-refractivity contribution < 1.29 is 9.59 Å². The number of thiophene rings is 1. The quantitative estimate of drug-likeness (QED) is 0.909. The summed E-state index contributed by atoms with van der Waals surface area (Å²) in [6.07, 6.45) is 1.34. The Labute approximate surface area is 130 Å². The predicted molar refractivity (Wildman–Crippen MR) is 85.1 cm³/mol. The Hall–Kier alpha value is -1.36. The monoisotopic (exact) mass is 308 g/mol. The van der Waals surface area contributed by atoms with E-state index in [1.807, 2.05) is 13.8 Å². The number of aryl methyl sites for hydroxylation is 1. The van der Waals surface area contributed by atoms with Crippen molar-refractivity contribution in [3.8, 4) is 0 Å². The van der Waals surface area contributed by atoms with E-state index in [1.165, 1.54) is 5.56 Å². The first-order chi connectivity index (χ1) is 9.93. The number of amides is 2. The Morgan fingerprint density at radius 2 is 2.05 bits per heavy atom. The van der Waals surface area contributed by atoms with Gasteiger partial charge >= 0.3 is 0 Å². The molecule has 0 bridgehead atoms. The highest BCUT2D eigenvalue weighted by atomic mass is 32.1. The maximum atomic E-state index is 12.7. The predicted octanol–water partition coefficient (Wildman–Crippen LogP) is 2.71. The van der Waals surface area contributed by atoms with Gasteiger partial charge in [0.05, 0.1) is 0 Å². The molecular weight excluding hydrogens is 284 g/mol. The molecule has 1 aromatic rings. The highest BCUT2D eigenvalue weighted by Crippen LogP contribution is 2.23. The summed E-state index contributed by atoms with van der Waals surface area (Å²) in [7, 11) is 0. The molecule has 1 aliphatic rings. The van der Waals surface area contributed by atoms with Crippen molar-refractivity contribution in [2.24, 2.45) is 5.92 Å². The van der Waals surface area contributed by atoms with Gasteiger partial charge in [0.15, 0.2) is 0 Å². The standard InChI is InChI=1S/C16H24N2O2S/c1-5-14-15(19)17-13(6-10(2)3)16(20)18(14)7-12-9-21-8-11(12)4/h8-10,13-14H,5-7H2,1-4H3,(H,17,19). The van der Waals surface area contributed by atoms with Crippen LogP contribution in [-0.2, 0) is 16.1 Å². The Kier molecular flexibility index (Phi) is 5.04. The van der Waals surface area contributed by atoms with Crippen LogP contribution in [0, 0.1) is 12.8 Å². The van der Waals surface area contributed by atoms with Crippen molar-refractivity contribution in [3.63, 3.8) is 0 Å². The molecule has 1 fully saturated rings. The molecule has 0 spiro atoms. The van der Waals surface area contributed by atoms with E-state index in [0.717, 1.165) is 5.56 Å². The number of rotatable bonds is 5. The molecule has 2 heterocycles. The normalized spacial score (nSPS) is 22.8. The number of hydrogen-bond donors (Lipinski definition) is 1. The molecule has 0 aliphatic carbocycles. The molecule has 2 amide bonds. The molecular formula is C16H24N2O2S. The largest absolute Gasteiger partial charge is 0.342 e. The first-order valence-electron chi connectivity index (χ1n) is 7.56. The van der Waals surface area contributed by atoms with Gasteiger partial charge < -0.3 is 10.2 Å². The van der Waals surface area contributed by atoms with Gasteiger partial charge in [0.25, 0.3) is 0 Å². The van der Waals surface area contributed by atoms with E-state index in [1.54, 1.807) is 16.2 Å². The Bertz CT molecular complexity index is 524. The molecule has 0 aromatic carbocycles. The topological polar surface area (TPSA) is 49.4 Å². The molecule has 1 saturated heterocycles. The third-order valence-electron chi connectivity index (χ3n) is 3.97. The third-order valence-corrected chi connectivity index (χ3v) is 4.88. The van der Waals surface area contributed by atoms with Gasteiger partial charge in [-0.05, 0) is 47.6 Å². The summed E-state index contributed by atoms with van der Waals surface area (Å²) in [6.45, 7) is 8.67. The first-order valence-corrected chi connectivity index (χ1v) is 8.50. The zero-order chi connectivity index (χ0) is 15.6. The van der Waals surface area contributed by atoms with Gasteiger partial charge in [-0.15, -0.1) is 0 Å². The van der Waals surface area contributed by atoms with E-state index < -0.39 is 0 Å². The zero-order valence-electron chi connectivity index (χ0n) is 13.2. The third kappa shape index (κ3) is 3.46. The SMILES string of the molecule is CCC1C(=O)NC(CC(C)C)C(=O)N1Cc1cscc1C. The number of piperazine rings is 1.